The third-order valence-corrected chi connectivity index (χ3v) is 5.02. The van der Waals surface area contributed by atoms with Gasteiger partial charge in [-0.05, 0) is 36.8 Å². The summed E-state index contributed by atoms with van der Waals surface area (Å²) in [5.74, 6) is 5.87. The van der Waals surface area contributed by atoms with Crippen LogP contribution in [0.2, 0.25) is 5.02 Å². The fourth-order valence-electron chi connectivity index (χ4n) is 2.45. The number of rotatable bonds is 6. The topological polar surface area (TPSA) is 85.8 Å². The Hall–Kier alpha value is -2.58. The lowest BCUT2D eigenvalue weighted by molar-refractivity contribution is -0.119. The molecule has 0 aliphatic rings. The van der Waals surface area contributed by atoms with E-state index in [0.717, 1.165) is 17.3 Å². The minimum Gasteiger partial charge on any atom is -0.349 e. The summed E-state index contributed by atoms with van der Waals surface area (Å²) >= 11 is 7.02. The van der Waals surface area contributed by atoms with Crippen LogP contribution in [0.25, 0.3) is 11.4 Å². The van der Waals surface area contributed by atoms with Crippen molar-refractivity contribution < 1.29 is 9.18 Å². The van der Waals surface area contributed by atoms with Gasteiger partial charge in [0.25, 0.3) is 0 Å². The number of nitrogens with one attached hydrogen (secondary N) is 1. The molecule has 0 saturated carbocycles. The van der Waals surface area contributed by atoms with Gasteiger partial charge in [0, 0.05) is 10.6 Å². The summed E-state index contributed by atoms with van der Waals surface area (Å²) in [6, 6.07) is 13.0. The Morgan fingerprint density at radius 1 is 1.30 bits per heavy atom. The Morgan fingerprint density at radius 3 is 2.74 bits per heavy atom. The molecule has 0 spiro atoms. The summed E-state index contributed by atoms with van der Waals surface area (Å²) in [7, 11) is 0. The molecule has 0 fully saturated rings. The quantitative estimate of drug-likeness (QED) is 0.484. The van der Waals surface area contributed by atoms with Crippen molar-refractivity contribution in [3.63, 3.8) is 0 Å². The average molecular weight is 406 g/mol. The first-order valence-electron chi connectivity index (χ1n) is 8.08. The molecule has 9 heteroatoms. The minimum absolute atomic E-state index is 0.121. The Morgan fingerprint density at radius 2 is 2.04 bits per heavy atom. The maximum absolute atomic E-state index is 13.4. The molecule has 6 nitrogen and oxygen atoms in total. The predicted octanol–water partition coefficient (Wildman–Crippen LogP) is 3.42. The number of nitrogens with two attached hydrogens (primary N) is 1. The summed E-state index contributed by atoms with van der Waals surface area (Å²) in [5, 5.41) is 11.9. The van der Waals surface area contributed by atoms with Crippen molar-refractivity contribution >= 4 is 29.3 Å². The van der Waals surface area contributed by atoms with Crippen LogP contribution in [-0.2, 0) is 4.79 Å². The Bertz CT molecular complexity index is 947. The number of halogens is 2. The van der Waals surface area contributed by atoms with E-state index in [2.05, 4.69) is 15.5 Å². The minimum atomic E-state index is -0.389. The van der Waals surface area contributed by atoms with Crippen LogP contribution >= 0.6 is 23.4 Å². The van der Waals surface area contributed by atoms with Crippen molar-refractivity contribution in [3.05, 3.63) is 64.9 Å². The molecule has 27 heavy (non-hydrogen) atoms. The van der Waals surface area contributed by atoms with Crippen LogP contribution in [0.1, 0.15) is 18.5 Å². The number of nitrogen functional groups attached to an aromatic ring is 1. The number of benzene rings is 2. The van der Waals surface area contributed by atoms with E-state index in [4.69, 9.17) is 17.4 Å². The van der Waals surface area contributed by atoms with Crippen LogP contribution < -0.4 is 11.2 Å². The lowest BCUT2D eigenvalue weighted by atomic mass is 10.1. The van der Waals surface area contributed by atoms with E-state index in [1.807, 2.05) is 19.1 Å². The molecule has 0 aliphatic heterocycles. The standard InChI is InChI=1S/C18H17ClFN5OS/c1-11(12-5-7-14(19)8-6-12)22-16(26)10-27-18-24-23-17(25(18)21)13-3-2-4-15(20)9-13/h2-9,11H,10,21H2,1H3,(H,22,26)/t11-/m0/s1. The first-order valence-corrected chi connectivity index (χ1v) is 9.44. The van der Waals surface area contributed by atoms with Crippen LogP contribution in [0, 0.1) is 5.82 Å². The van der Waals surface area contributed by atoms with Gasteiger partial charge in [0.1, 0.15) is 5.82 Å². The fraction of sp³-hybridized carbons (Fsp3) is 0.167. The van der Waals surface area contributed by atoms with Crippen molar-refractivity contribution in [2.75, 3.05) is 11.6 Å². The summed E-state index contributed by atoms with van der Waals surface area (Å²) in [6.07, 6.45) is 0. The number of amides is 1. The summed E-state index contributed by atoms with van der Waals surface area (Å²) < 4.78 is 14.6. The molecular formula is C18H17ClFN5OS. The molecule has 0 bridgehead atoms. The highest BCUT2D eigenvalue weighted by Gasteiger charge is 2.15. The van der Waals surface area contributed by atoms with E-state index in [1.54, 1.807) is 24.3 Å². The molecule has 3 aromatic rings. The van der Waals surface area contributed by atoms with Gasteiger partial charge in [-0.2, -0.15) is 0 Å². The molecule has 2 aromatic carbocycles. The van der Waals surface area contributed by atoms with Gasteiger partial charge in [-0.1, -0.05) is 47.6 Å². The van der Waals surface area contributed by atoms with Crippen LogP contribution in [-0.4, -0.2) is 26.5 Å². The van der Waals surface area contributed by atoms with E-state index >= 15 is 0 Å². The molecule has 3 N–H and O–H groups in total. The SMILES string of the molecule is C[C@H](NC(=O)CSc1nnc(-c2cccc(F)c2)n1N)c1ccc(Cl)cc1. The second kappa shape index (κ2) is 8.41. The number of nitrogens with zero attached hydrogens (tertiary/aromatic N) is 3. The first-order chi connectivity index (χ1) is 12.9. The zero-order valence-electron chi connectivity index (χ0n) is 14.4. The third-order valence-electron chi connectivity index (χ3n) is 3.83. The van der Waals surface area contributed by atoms with Gasteiger partial charge in [-0.15, -0.1) is 10.2 Å². The second-order valence-corrected chi connectivity index (χ2v) is 7.19. The maximum Gasteiger partial charge on any atom is 0.230 e. The van der Waals surface area contributed by atoms with Gasteiger partial charge in [0.2, 0.25) is 11.1 Å². The van der Waals surface area contributed by atoms with Crippen LogP contribution in [0.3, 0.4) is 0 Å². The molecule has 140 valence electrons. The van der Waals surface area contributed by atoms with Gasteiger partial charge in [-0.3, -0.25) is 4.79 Å². The van der Waals surface area contributed by atoms with Crippen molar-refractivity contribution in [1.82, 2.24) is 20.2 Å². The zero-order valence-corrected chi connectivity index (χ0v) is 16.0. The summed E-state index contributed by atoms with van der Waals surface area (Å²) in [6.45, 7) is 1.89. The van der Waals surface area contributed by atoms with E-state index in [-0.39, 0.29) is 23.5 Å². The van der Waals surface area contributed by atoms with E-state index in [9.17, 15) is 9.18 Å². The van der Waals surface area contributed by atoms with Crippen molar-refractivity contribution in [2.45, 2.75) is 18.1 Å². The number of thioether (sulfide) groups is 1. The molecule has 1 atom stereocenters. The highest BCUT2D eigenvalue weighted by atomic mass is 35.5. The van der Waals surface area contributed by atoms with Gasteiger partial charge in [-0.25, -0.2) is 9.07 Å². The van der Waals surface area contributed by atoms with Crippen molar-refractivity contribution in [2.24, 2.45) is 0 Å². The number of hydrogen-bond donors (Lipinski definition) is 2. The number of hydrogen-bond acceptors (Lipinski definition) is 5. The smallest absolute Gasteiger partial charge is 0.230 e. The molecule has 0 saturated heterocycles. The Kier molecular flexibility index (Phi) is 5.98. The Labute approximate surface area is 164 Å². The lowest BCUT2D eigenvalue weighted by Crippen LogP contribution is -2.28. The zero-order chi connectivity index (χ0) is 19.4. The normalized spacial score (nSPS) is 12.0. The highest BCUT2D eigenvalue weighted by molar-refractivity contribution is 7.99. The van der Waals surface area contributed by atoms with Crippen LogP contribution in [0.5, 0.6) is 0 Å². The van der Waals surface area contributed by atoms with Crippen LogP contribution in [0.15, 0.2) is 53.7 Å². The third kappa shape index (κ3) is 4.78. The summed E-state index contributed by atoms with van der Waals surface area (Å²) in [5.41, 5.74) is 1.46. The molecule has 0 aliphatic carbocycles. The monoisotopic (exact) mass is 405 g/mol. The van der Waals surface area contributed by atoms with E-state index in [0.29, 0.717) is 21.6 Å². The van der Waals surface area contributed by atoms with E-state index < -0.39 is 0 Å². The second-order valence-electron chi connectivity index (χ2n) is 5.82. The molecule has 0 unspecified atom stereocenters. The van der Waals surface area contributed by atoms with Crippen LogP contribution in [0.4, 0.5) is 4.39 Å². The number of carbonyl (C=O) groups excluding carboxylic acids is 1. The fourth-order valence-corrected chi connectivity index (χ4v) is 3.24. The molecule has 0 radical (unpaired) electrons. The molecular weight excluding hydrogens is 389 g/mol. The molecule has 1 amide bonds. The van der Waals surface area contributed by atoms with Gasteiger partial charge in [0.05, 0.1) is 11.8 Å². The average Bonchev–Trinajstić information content (AvgIpc) is 3.01. The lowest BCUT2D eigenvalue weighted by Gasteiger charge is -2.14. The van der Waals surface area contributed by atoms with E-state index in [1.165, 1.54) is 16.8 Å². The van der Waals surface area contributed by atoms with Crippen molar-refractivity contribution in [1.29, 1.82) is 0 Å². The maximum atomic E-state index is 13.4. The van der Waals surface area contributed by atoms with Gasteiger partial charge < -0.3 is 11.2 Å². The van der Waals surface area contributed by atoms with Gasteiger partial charge >= 0.3 is 0 Å². The molecule has 1 aromatic heterocycles. The highest BCUT2D eigenvalue weighted by Crippen LogP contribution is 2.22. The first kappa shape index (κ1) is 19.2. The van der Waals surface area contributed by atoms with Crippen molar-refractivity contribution in [3.8, 4) is 11.4 Å². The number of carbonyl (C=O) groups is 1. The summed E-state index contributed by atoms with van der Waals surface area (Å²) in [4.78, 5) is 12.2. The predicted molar refractivity (Wildman–Crippen MR) is 104 cm³/mol. The molecule has 1 heterocycles. The largest absolute Gasteiger partial charge is 0.349 e. The number of aromatic nitrogens is 3. The Balaban J connectivity index is 1.60. The molecule has 3 rings (SSSR count). The van der Waals surface area contributed by atoms with Gasteiger partial charge in [0.15, 0.2) is 5.82 Å².